The zero-order valence-corrected chi connectivity index (χ0v) is 19.3. The molecule has 172 valence electrons. The standard InChI is InChI=1S/C26H37ClO4/c1-31-24(29)12-8-3-2-7-11-21-22(27)17-23(28)25(21)18-13-15-20(16-14-18)26(30)19-9-5-4-6-10-19/h2,7,13-16,19,21-23,25-26,28,30H,3-6,8-12,17H2,1H3/b7-2+. The van der Waals surface area contributed by atoms with Gasteiger partial charge >= 0.3 is 5.97 Å². The number of hydrogen-bond acceptors (Lipinski definition) is 4. The molecule has 5 atom stereocenters. The van der Waals surface area contributed by atoms with E-state index in [-0.39, 0.29) is 23.2 Å². The lowest BCUT2D eigenvalue weighted by Gasteiger charge is -2.27. The molecule has 0 saturated heterocycles. The number of benzene rings is 1. The van der Waals surface area contributed by atoms with Crippen LogP contribution < -0.4 is 0 Å². The molecule has 0 aromatic heterocycles. The van der Waals surface area contributed by atoms with Crippen molar-refractivity contribution in [3.63, 3.8) is 0 Å². The van der Waals surface area contributed by atoms with Gasteiger partial charge in [-0.25, -0.2) is 0 Å². The molecule has 2 N–H and O–H groups in total. The van der Waals surface area contributed by atoms with Crippen LogP contribution >= 0.6 is 11.6 Å². The lowest BCUT2D eigenvalue weighted by atomic mass is 9.81. The number of aliphatic hydroxyl groups excluding tert-OH is 2. The smallest absolute Gasteiger partial charge is 0.305 e. The zero-order chi connectivity index (χ0) is 22.2. The summed E-state index contributed by atoms with van der Waals surface area (Å²) in [5.41, 5.74) is 2.08. The van der Waals surface area contributed by atoms with Gasteiger partial charge in [-0.1, -0.05) is 55.7 Å². The van der Waals surface area contributed by atoms with Crippen molar-refractivity contribution in [3.05, 3.63) is 47.5 Å². The van der Waals surface area contributed by atoms with Gasteiger partial charge in [0.05, 0.1) is 19.3 Å². The fourth-order valence-electron chi connectivity index (χ4n) is 5.30. The molecule has 5 heteroatoms. The first-order valence-corrected chi connectivity index (χ1v) is 12.3. The topological polar surface area (TPSA) is 66.8 Å². The molecule has 2 aliphatic rings. The molecule has 3 rings (SSSR count). The average Bonchev–Trinajstić information content (AvgIpc) is 3.08. The summed E-state index contributed by atoms with van der Waals surface area (Å²) in [6.45, 7) is 0. The van der Waals surface area contributed by atoms with E-state index in [1.165, 1.54) is 26.4 Å². The van der Waals surface area contributed by atoms with E-state index < -0.39 is 12.2 Å². The number of ether oxygens (including phenoxy) is 1. The van der Waals surface area contributed by atoms with Crippen molar-refractivity contribution in [2.45, 2.75) is 87.7 Å². The lowest BCUT2D eigenvalue weighted by molar-refractivity contribution is -0.140. The molecule has 0 bridgehead atoms. The first kappa shape index (κ1) is 24.3. The average molecular weight is 449 g/mol. The summed E-state index contributed by atoms with van der Waals surface area (Å²) in [6.07, 6.45) is 12.7. The summed E-state index contributed by atoms with van der Waals surface area (Å²) < 4.78 is 4.66. The Morgan fingerprint density at radius 3 is 2.58 bits per heavy atom. The molecule has 2 aliphatic carbocycles. The highest BCUT2D eigenvalue weighted by Crippen LogP contribution is 2.45. The maximum absolute atomic E-state index is 11.2. The van der Waals surface area contributed by atoms with E-state index >= 15 is 0 Å². The number of aliphatic hydroxyl groups is 2. The molecule has 1 aromatic rings. The van der Waals surface area contributed by atoms with Crippen LogP contribution in [-0.4, -0.2) is 34.8 Å². The number of unbranched alkanes of at least 4 members (excludes halogenated alkanes) is 1. The van der Waals surface area contributed by atoms with Gasteiger partial charge in [-0.3, -0.25) is 4.79 Å². The molecule has 0 spiro atoms. The van der Waals surface area contributed by atoms with E-state index in [4.69, 9.17) is 11.6 Å². The van der Waals surface area contributed by atoms with Gasteiger partial charge in [0.2, 0.25) is 0 Å². The van der Waals surface area contributed by atoms with E-state index in [1.54, 1.807) is 0 Å². The minimum absolute atomic E-state index is 0.00286. The van der Waals surface area contributed by atoms with Crippen LogP contribution in [0.5, 0.6) is 0 Å². The molecular weight excluding hydrogens is 412 g/mol. The number of methoxy groups -OCH3 is 1. The van der Waals surface area contributed by atoms with Gasteiger partial charge in [0.1, 0.15) is 0 Å². The van der Waals surface area contributed by atoms with Gasteiger partial charge in [-0.15, -0.1) is 11.6 Å². The van der Waals surface area contributed by atoms with Gasteiger partial charge in [0, 0.05) is 17.7 Å². The summed E-state index contributed by atoms with van der Waals surface area (Å²) in [4.78, 5) is 11.2. The molecule has 0 radical (unpaired) electrons. The van der Waals surface area contributed by atoms with Gasteiger partial charge in [-0.05, 0) is 61.5 Å². The monoisotopic (exact) mass is 448 g/mol. The number of halogens is 1. The predicted octanol–water partition coefficient (Wildman–Crippen LogP) is 5.66. The highest BCUT2D eigenvalue weighted by molar-refractivity contribution is 6.21. The third kappa shape index (κ3) is 6.57. The lowest BCUT2D eigenvalue weighted by Crippen LogP contribution is -2.19. The second-order valence-corrected chi connectivity index (χ2v) is 9.75. The largest absolute Gasteiger partial charge is 0.469 e. The fraction of sp³-hybridized carbons (Fsp3) is 0.654. The number of alkyl halides is 1. The Hall–Kier alpha value is -1.36. The Morgan fingerprint density at radius 2 is 1.90 bits per heavy atom. The second kappa shape index (κ2) is 12.0. The zero-order valence-electron chi connectivity index (χ0n) is 18.6. The fourth-order valence-corrected chi connectivity index (χ4v) is 5.74. The predicted molar refractivity (Wildman–Crippen MR) is 124 cm³/mol. The summed E-state index contributed by atoms with van der Waals surface area (Å²) in [5, 5.41) is 21.4. The third-order valence-corrected chi connectivity index (χ3v) is 7.62. The first-order valence-electron chi connectivity index (χ1n) is 11.8. The summed E-state index contributed by atoms with van der Waals surface area (Å²) in [7, 11) is 1.41. The normalized spacial score (nSPS) is 28.1. The van der Waals surface area contributed by atoms with Crippen LogP contribution in [0.3, 0.4) is 0 Å². The molecule has 0 heterocycles. The van der Waals surface area contributed by atoms with Crippen LogP contribution in [0, 0.1) is 11.8 Å². The molecule has 0 amide bonds. The van der Waals surface area contributed by atoms with Crippen molar-refractivity contribution in [2.75, 3.05) is 7.11 Å². The van der Waals surface area contributed by atoms with Crippen LogP contribution in [0.4, 0.5) is 0 Å². The molecule has 0 aliphatic heterocycles. The van der Waals surface area contributed by atoms with E-state index in [2.05, 4.69) is 29.0 Å². The number of carbonyl (C=O) groups is 1. The maximum Gasteiger partial charge on any atom is 0.305 e. The Balaban J connectivity index is 1.59. The van der Waals surface area contributed by atoms with Crippen LogP contribution in [0.15, 0.2) is 36.4 Å². The van der Waals surface area contributed by atoms with Gasteiger partial charge in [0.15, 0.2) is 0 Å². The van der Waals surface area contributed by atoms with E-state index in [9.17, 15) is 15.0 Å². The van der Waals surface area contributed by atoms with Gasteiger partial charge < -0.3 is 14.9 Å². The van der Waals surface area contributed by atoms with E-state index in [0.717, 1.165) is 43.2 Å². The van der Waals surface area contributed by atoms with Crippen LogP contribution in [0.25, 0.3) is 0 Å². The number of allylic oxidation sites excluding steroid dienone is 2. The quantitative estimate of drug-likeness (QED) is 0.221. The Labute approximate surface area is 191 Å². The van der Waals surface area contributed by atoms with E-state index in [0.29, 0.717) is 18.8 Å². The van der Waals surface area contributed by atoms with Gasteiger partial charge in [-0.2, -0.15) is 0 Å². The highest BCUT2D eigenvalue weighted by Gasteiger charge is 2.41. The SMILES string of the molecule is COC(=O)CCC/C=C/CC1C(Cl)CC(O)C1c1ccc(C(O)C2CCCCC2)cc1. The Morgan fingerprint density at radius 1 is 1.19 bits per heavy atom. The molecular formula is C26H37ClO4. The van der Waals surface area contributed by atoms with E-state index in [1.807, 2.05) is 12.1 Å². The van der Waals surface area contributed by atoms with Gasteiger partial charge in [0.25, 0.3) is 0 Å². The summed E-state index contributed by atoms with van der Waals surface area (Å²) >= 11 is 6.61. The molecule has 5 unspecified atom stereocenters. The van der Waals surface area contributed by atoms with Crippen molar-refractivity contribution in [1.82, 2.24) is 0 Å². The molecule has 4 nitrogen and oxygen atoms in total. The number of esters is 1. The molecule has 2 saturated carbocycles. The number of rotatable bonds is 9. The minimum Gasteiger partial charge on any atom is -0.469 e. The number of hydrogen-bond donors (Lipinski definition) is 2. The Kier molecular flexibility index (Phi) is 9.43. The van der Waals surface area contributed by atoms with Crippen molar-refractivity contribution in [3.8, 4) is 0 Å². The van der Waals surface area contributed by atoms with Crippen molar-refractivity contribution in [2.24, 2.45) is 11.8 Å². The second-order valence-electron chi connectivity index (χ2n) is 9.19. The summed E-state index contributed by atoms with van der Waals surface area (Å²) in [5.74, 6) is 0.358. The van der Waals surface area contributed by atoms with Crippen LogP contribution in [0.2, 0.25) is 0 Å². The Bertz CT molecular complexity index is 711. The number of carbonyl (C=O) groups excluding carboxylic acids is 1. The molecule has 2 fully saturated rings. The minimum atomic E-state index is -0.450. The summed E-state index contributed by atoms with van der Waals surface area (Å²) in [6, 6.07) is 8.19. The first-order chi connectivity index (χ1) is 15.0. The van der Waals surface area contributed by atoms with Crippen LogP contribution in [0.1, 0.15) is 87.4 Å². The molecule has 31 heavy (non-hydrogen) atoms. The van der Waals surface area contributed by atoms with Crippen molar-refractivity contribution < 1.29 is 19.7 Å². The maximum atomic E-state index is 11.2. The van der Waals surface area contributed by atoms with Crippen molar-refractivity contribution >= 4 is 17.6 Å². The molecule has 1 aromatic carbocycles. The van der Waals surface area contributed by atoms with Crippen molar-refractivity contribution in [1.29, 1.82) is 0 Å². The highest BCUT2D eigenvalue weighted by atomic mass is 35.5. The third-order valence-electron chi connectivity index (χ3n) is 7.12. The van der Waals surface area contributed by atoms with Crippen LogP contribution in [-0.2, 0) is 9.53 Å².